The maximum atomic E-state index is 13.9. The van der Waals surface area contributed by atoms with Crippen molar-refractivity contribution >= 4 is 11.9 Å². The van der Waals surface area contributed by atoms with E-state index in [1.165, 1.54) is 12.7 Å². The predicted octanol–water partition coefficient (Wildman–Crippen LogP) is 1.05. The second kappa shape index (κ2) is 9.91. The number of morpholine rings is 2. The van der Waals surface area contributed by atoms with E-state index in [4.69, 9.17) is 23.7 Å². The molecule has 0 saturated carbocycles. The molecule has 0 spiro atoms. The topological polar surface area (TPSA) is 95.6 Å². The van der Waals surface area contributed by atoms with Gasteiger partial charge < -0.3 is 33.9 Å². The monoisotopic (exact) mass is 494 g/mol. The van der Waals surface area contributed by atoms with Crippen molar-refractivity contribution in [3.63, 3.8) is 0 Å². The number of hydrogen-bond acceptors (Lipinski definition) is 8. The first-order chi connectivity index (χ1) is 17.6. The van der Waals surface area contributed by atoms with Crippen molar-refractivity contribution in [2.24, 2.45) is 0 Å². The standard InChI is InChI=1S/C27H30N2O7/c1-32-25(31)23-21-15-29(19(27(34-21)36-23)13-17-10-6-3-7-11-17)24(30)22-20-14-28-18(26(33-20)35-22)12-16-8-4-2-5-9-16/h2-11,18-23,26-28H,12-15H2,1H3/t18?,19?,20-,21-,22-,23-,26-,27-/m1/s1. The molecule has 4 fully saturated rings. The minimum atomic E-state index is -0.868. The molecule has 9 heteroatoms. The summed E-state index contributed by atoms with van der Waals surface area (Å²) >= 11 is 0. The number of esters is 1. The minimum absolute atomic E-state index is 0.0468. The number of hydrogen-bond donors (Lipinski definition) is 1. The lowest BCUT2D eigenvalue weighted by atomic mass is 10.0. The van der Waals surface area contributed by atoms with Crippen LogP contribution in [0.4, 0.5) is 0 Å². The summed E-state index contributed by atoms with van der Waals surface area (Å²) in [5.41, 5.74) is 2.22. The number of fused-ring (bicyclic) bond motifs is 4. The maximum absolute atomic E-state index is 13.9. The average Bonchev–Trinajstić information content (AvgIpc) is 3.45. The van der Waals surface area contributed by atoms with Gasteiger partial charge in [0, 0.05) is 6.54 Å². The van der Waals surface area contributed by atoms with Gasteiger partial charge in [0.25, 0.3) is 5.91 Å². The van der Waals surface area contributed by atoms with Gasteiger partial charge in [-0.15, -0.1) is 0 Å². The fraction of sp³-hybridized carbons (Fsp3) is 0.481. The molecule has 4 saturated heterocycles. The fourth-order valence-corrected chi connectivity index (χ4v) is 5.58. The number of carbonyl (C=O) groups excluding carboxylic acids is 2. The van der Waals surface area contributed by atoms with Crippen LogP contribution in [-0.2, 0) is 46.1 Å². The average molecular weight is 495 g/mol. The van der Waals surface area contributed by atoms with Crippen LogP contribution in [0.2, 0.25) is 0 Å². The highest BCUT2D eigenvalue weighted by Gasteiger charge is 2.56. The molecule has 0 aromatic heterocycles. The Bertz CT molecular complexity index is 1080. The summed E-state index contributed by atoms with van der Waals surface area (Å²) in [6.45, 7) is 0.733. The molecule has 1 N–H and O–H groups in total. The van der Waals surface area contributed by atoms with Crippen LogP contribution >= 0.6 is 0 Å². The third-order valence-corrected chi connectivity index (χ3v) is 7.40. The normalized spacial score (nSPS) is 35.0. The van der Waals surface area contributed by atoms with Gasteiger partial charge >= 0.3 is 5.97 Å². The van der Waals surface area contributed by atoms with E-state index in [1.54, 1.807) is 4.90 Å². The molecule has 4 aliphatic heterocycles. The Labute approximate surface area is 209 Å². The molecule has 190 valence electrons. The van der Waals surface area contributed by atoms with E-state index in [0.717, 1.165) is 12.0 Å². The van der Waals surface area contributed by atoms with Crippen LogP contribution < -0.4 is 5.32 Å². The lowest BCUT2D eigenvalue weighted by molar-refractivity contribution is -0.176. The summed E-state index contributed by atoms with van der Waals surface area (Å²) in [6.07, 6.45) is -2.57. The fourth-order valence-electron chi connectivity index (χ4n) is 5.58. The van der Waals surface area contributed by atoms with E-state index in [1.807, 2.05) is 48.5 Å². The van der Waals surface area contributed by atoms with Gasteiger partial charge in [-0.3, -0.25) is 4.79 Å². The summed E-state index contributed by atoms with van der Waals surface area (Å²) in [5, 5.41) is 3.50. The number of rotatable bonds is 6. The van der Waals surface area contributed by atoms with Gasteiger partial charge in [-0.25, -0.2) is 4.79 Å². The molecule has 0 aliphatic carbocycles. The SMILES string of the molecule is COC(=O)[C@@H]1O[C@H]2O[C@@H]1CN(C(=O)[C@@H]1O[C@H]3O[C@@H]1CNC3Cc1ccccc1)C2Cc1ccccc1. The van der Waals surface area contributed by atoms with Crippen molar-refractivity contribution in [3.05, 3.63) is 71.8 Å². The Kier molecular flexibility index (Phi) is 6.49. The molecule has 2 aromatic rings. The van der Waals surface area contributed by atoms with E-state index >= 15 is 0 Å². The highest BCUT2D eigenvalue weighted by Crippen LogP contribution is 2.35. The van der Waals surface area contributed by atoms with Crippen LogP contribution in [0.15, 0.2) is 60.7 Å². The summed E-state index contributed by atoms with van der Waals surface area (Å²) in [7, 11) is 1.32. The number of ether oxygens (including phenoxy) is 5. The van der Waals surface area contributed by atoms with Crippen molar-refractivity contribution in [1.29, 1.82) is 0 Å². The van der Waals surface area contributed by atoms with Crippen LogP contribution in [0.25, 0.3) is 0 Å². The second-order valence-electron chi connectivity index (χ2n) is 9.67. The van der Waals surface area contributed by atoms with E-state index in [2.05, 4.69) is 17.4 Å². The highest BCUT2D eigenvalue weighted by atomic mass is 16.8. The van der Waals surface area contributed by atoms with Crippen molar-refractivity contribution in [2.45, 2.75) is 61.9 Å². The summed E-state index contributed by atoms with van der Waals surface area (Å²) in [4.78, 5) is 28.0. The molecule has 4 aliphatic rings. The lowest BCUT2D eigenvalue weighted by Crippen LogP contribution is -2.59. The van der Waals surface area contributed by atoms with Crippen molar-refractivity contribution in [2.75, 3.05) is 20.2 Å². The Morgan fingerprint density at radius 1 is 0.861 bits per heavy atom. The van der Waals surface area contributed by atoms with Gasteiger partial charge in [-0.05, 0) is 24.0 Å². The molecule has 8 atom stereocenters. The predicted molar refractivity (Wildman–Crippen MR) is 127 cm³/mol. The van der Waals surface area contributed by atoms with Crippen molar-refractivity contribution in [3.8, 4) is 0 Å². The molecule has 9 nitrogen and oxygen atoms in total. The molecule has 4 bridgehead atoms. The molecular weight excluding hydrogens is 464 g/mol. The zero-order chi connectivity index (χ0) is 24.6. The molecule has 0 radical (unpaired) electrons. The molecule has 4 heterocycles. The van der Waals surface area contributed by atoms with E-state index in [9.17, 15) is 9.59 Å². The number of nitrogens with one attached hydrogen (secondary N) is 1. The number of benzene rings is 2. The van der Waals surface area contributed by atoms with Crippen LogP contribution in [0.3, 0.4) is 0 Å². The van der Waals surface area contributed by atoms with Gasteiger partial charge in [0.2, 0.25) is 0 Å². The Balaban J connectivity index is 1.21. The minimum Gasteiger partial charge on any atom is -0.467 e. The maximum Gasteiger partial charge on any atom is 0.337 e. The number of amides is 1. The van der Waals surface area contributed by atoms with Crippen molar-refractivity contribution in [1.82, 2.24) is 10.2 Å². The smallest absolute Gasteiger partial charge is 0.337 e. The number of methoxy groups -OCH3 is 1. The molecule has 2 unspecified atom stereocenters. The molecule has 1 amide bonds. The number of carbonyl (C=O) groups is 2. The van der Waals surface area contributed by atoms with Crippen LogP contribution in [0, 0.1) is 0 Å². The summed E-state index contributed by atoms with van der Waals surface area (Å²) in [6, 6.07) is 19.5. The second-order valence-corrected chi connectivity index (χ2v) is 9.67. The quantitative estimate of drug-likeness (QED) is 0.596. The largest absolute Gasteiger partial charge is 0.467 e. The highest BCUT2D eigenvalue weighted by molar-refractivity contribution is 5.83. The Morgan fingerprint density at radius 3 is 2.19 bits per heavy atom. The Morgan fingerprint density at radius 2 is 1.50 bits per heavy atom. The third kappa shape index (κ3) is 4.42. The number of nitrogens with zero attached hydrogens (tertiary/aromatic N) is 1. The molecule has 6 rings (SSSR count). The third-order valence-electron chi connectivity index (χ3n) is 7.40. The Hall–Kier alpha value is -2.82. The zero-order valence-electron chi connectivity index (χ0n) is 20.0. The van der Waals surface area contributed by atoms with Gasteiger partial charge in [0.15, 0.2) is 24.8 Å². The first-order valence-corrected chi connectivity index (χ1v) is 12.4. The van der Waals surface area contributed by atoms with Gasteiger partial charge in [0.05, 0.1) is 25.7 Å². The van der Waals surface area contributed by atoms with Gasteiger partial charge in [0.1, 0.15) is 12.2 Å². The summed E-state index contributed by atoms with van der Waals surface area (Å²) < 4.78 is 29.3. The van der Waals surface area contributed by atoms with Gasteiger partial charge in [-0.2, -0.15) is 0 Å². The van der Waals surface area contributed by atoms with Crippen LogP contribution in [-0.4, -0.2) is 86.1 Å². The molecular formula is C27H30N2O7. The summed E-state index contributed by atoms with van der Waals surface area (Å²) in [5.74, 6) is -0.669. The first-order valence-electron chi connectivity index (χ1n) is 12.4. The molecule has 2 aromatic carbocycles. The first kappa shape index (κ1) is 23.6. The van der Waals surface area contributed by atoms with E-state index < -0.39 is 42.9 Å². The van der Waals surface area contributed by atoms with E-state index in [-0.39, 0.29) is 24.6 Å². The zero-order valence-corrected chi connectivity index (χ0v) is 20.0. The lowest BCUT2D eigenvalue weighted by Gasteiger charge is -2.40. The van der Waals surface area contributed by atoms with Gasteiger partial charge in [-0.1, -0.05) is 60.7 Å². The van der Waals surface area contributed by atoms with Crippen LogP contribution in [0.5, 0.6) is 0 Å². The van der Waals surface area contributed by atoms with E-state index in [0.29, 0.717) is 13.0 Å². The molecule has 36 heavy (non-hydrogen) atoms. The van der Waals surface area contributed by atoms with Crippen molar-refractivity contribution < 1.29 is 33.3 Å². The van der Waals surface area contributed by atoms with Crippen LogP contribution in [0.1, 0.15) is 11.1 Å².